The quantitative estimate of drug-likeness (QED) is 0.155. The first-order valence-corrected chi connectivity index (χ1v) is 21.3. The monoisotopic (exact) mass is 856 g/mol. The fraction of sp³-hybridized carbons (Fsp3) is 0.358. The summed E-state index contributed by atoms with van der Waals surface area (Å²) in [7, 11) is 0. The first-order chi connectivity index (χ1) is 25.4. The van der Waals surface area contributed by atoms with Crippen LogP contribution in [0.15, 0.2) is 97.1 Å². The minimum Gasteiger partial charge on any atom is -1.00 e. The smallest absolute Gasteiger partial charge is 1.00 e. The SMILES string of the molecule is CC1=[C-]C(C)(C)c2cc3c(cc21)-c1cc2c(cc1C3)C(C)(C)C=C2C.CCCCc1cc(C(C)(C)C)c[cH-]1.Cc1ccc([C](=[Zr+2])c2ccc(C)cc2)cc1.[Cl-].[Cl-]. The molecule has 8 rings (SSSR count). The van der Waals surface area contributed by atoms with Gasteiger partial charge in [-0.3, -0.25) is 6.08 Å². The van der Waals surface area contributed by atoms with Crippen molar-refractivity contribution in [2.24, 2.45) is 0 Å². The van der Waals surface area contributed by atoms with Crippen LogP contribution in [0.5, 0.6) is 0 Å². The number of rotatable bonds is 5. The minimum atomic E-state index is 0. The van der Waals surface area contributed by atoms with E-state index in [1.807, 2.05) is 0 Å². The molecule has 0 heterocycles. The summed E-state index contributed by atoms with van der Waals surface area (Å²) >= 11 is 1.46. The number of benzene rings is 4. The van der Waals surface area contributed by atoms with Gasteiger partial charge in [0.2, 0.25) is 0 Å². The molecule has 0 saturated heterocycles. The van der Waals surface area contributed by atoms with E-state index >= 15 is 0 Å². The minimum absolute atomic E-state index is 0. The third kappa shape index (κ3) is 9.83. The molecule has 3 aliphatic carbocycles. The molecule has 0 bridgehead atoms. The predicted molar refractivity (Wildman–Crippen MR) is 232 cm³/mol. The number of halogens is 2. The zero-order chi connectivity index (χ0) is 39.2. The molecular formula is C53H60Cl2Zr-2. The fourth-order valence-electron chi connectivity index (χ4n) is 8.38. The van der Waals surface area contributed by atoms with Crippen LogP contribution in [-0.4, -0.2) is 3.21 Å². The van der Waals surface area contributed by atoms with Gasteiger partial charge in [-0.15, -0.1) is 11.6 Å². The normalized spacial score (nSPS) is 14.9. The Bertz CT molecular complexity index is 2120. The zero-order valence-electron chi connectivity index (χ0n) is 35.8. The molecular weight excluding hydrogens is 799 g/mol. The third-order valence-corrected chi connectivity index (χ3v) is 13.0. The second-order valence-corrected chi connectivity index (χ2v) is 19.4. The molecule has 0 saturated carbocycles. The summed E-state index contributed by atoms with van der Waals surface area (Å²) in [6.45, 7) is 27.0. The summed E-state index contributed by atoms with van der Waals surface area (Å²) in [6, 6.07) is 34.2. The number of hydrogen-bond donors (Lipinski definition) is 0. The number of allylic oxidation sites excluding steroid dienone is 4. The Morgan fingerprint density at radius 3 is 1.73 bits per heavy atom. The molecule has 0 amide bonds. The Morgan fingerprint density at radius 1 is 0.714 bits per heavy atom. The standard InChI is InChI=1S/C25H25.C15H14.C13H21.2ClH.Zr/c1-14-12-24(3,4)22-8-16-7-17-9-23-19(15(2)13-25(23,5)6)11-21(17)20(16)10-18(14)22;1-12-3-7-14(8-4-12)11-15-9-5-13(2)6-10-15;1-5-6-7-11-8-9-12(10-11)13(2,3)4;;;/h8-12H,7H2,1-6H3;3-10H,1-2H3;8-10H,5-7H2,1-4H3;2*1H;/q-1;;-1;;;+2/p-2. The van der Waals surface area contributed by atoms with Gasteiger partial charge in [0.25, 0.3) is 0 Å². The van der Waals surface area contributed by atoms with Crippen molar-refractivity contribution in [1.29, 1.82) is 0 Å². The number of unbranched alkanes of at least 4 members (excludes halogenated alkanes) is 1. The predicted octanol–water partition coefficient (Wildman–Crippen LogP) is 7.92. The van der Waals surface area contributed by atoms with Crippen molar-refractivity contribution in [3.63, 3.8) is 0 Å². The van der Waals surface area contributed by atoms with E-state index in [0.717, 1.165) is 6.42 Å². The summed E-state index contributed by atoms with van der Waals surface area (Å²) in [5, 5.41) is 0. The van der Waals surface area contributed by atoms with E-state index in [1.165, 1.54) is 136 Å². The Morgan fingerprint density at radius 2 is 1.23 bits per heavy atom. The molecule has 0 radical (unpaired) electrons. The van der Waals surface area contributed by atoms with E-state index in [0.29, 0.717) is 5.41 Å². The molecule has 3 heteroatoms. The molecule has 0 fully saturated rings. The van der Waals surface area contributed by atoms with Crippen LogP contribution in [-0.2, 0) is 53.3 Å². The van der Waals surface area contributed by atoms with Gasteiger partial charge < -0.3 is 24.8 Å². The van der Waals surface area contributed by atoms with Crippen molar-refractivity contribution in [2.45, 2.75) is 125 Å². The number of fused-ring (bicyclic) bond motifs is 5. The third-order valence-electron chi connectivity index (χ3n) is 11.6. The second-order valence-electron chi connectivity index (χ2n) is 18.2. The van der Waals surface area contributed by atoms with Crippen LogP contribution in [0.4, 0.5) is 0 Å². The van der Waals surface area contributed by atoms with Crippen molar-refractivity contribution in [1.82, 2.24) is 0 Å². The second kappa shape index (κ2) is 17.9. The van der Waals surface area contributed by atoms with Gasteiger partial charge in [0.1, 0.15) is 0 Å². The Hall–Kier alpha value is -2.96. The molecule has 5 aromatic rings. The summed E-state index contributed by atoms with van der Waals surface area (Å²) in [5.74, 6) is 0. The summed E-state index contributed by atoms with van der Waals surface area (Å²) in [5.41, 5.74) is 23.1. The van der Waals surface area contributed by atoms with Crippen LogP contribution in [0, 0.1) is 19.9 Å². The van der Waals surface area contributed by atoms with Crippen LogP contribution >= 0.6 is 0 Å². The molecule has 0 aromatic heterocycles. The van der Waals surface area contributed by atoms with E-state index in [2.05, 4.69) is 186 Å². The Balaban J connectivity index is 0.000000196. The van der Waals surface area contributed by atoms with Gasteiger partial charge in [-0.25, -0.2) is 11.6 Å². The maximum Gasteiger partial charge on any atom is -1.00 e. The van der Waals surface area contributed by atoms with Crippen LogP contribution in [0.1, 0.15) is 149 Å². The van der Waals surface area contributed by atoms with Crippen LogP contribution < -0.4 is 24.8 Å². The molecule has 0 spiro atoms. The van der Waals surface area contributed by atoms with Crippen LogP contribution in [0.25, 0.3) is 22.3 Å². The average Bonchev–Trinajstić information content (AvgIpc) is 3.84. The zero-order valence-corrected chi connectivity index (χ0v) is 39.8. The van der Waals surface area contributed by atoms with Crippen molar-refractivity contribution in [3.8, 4) is 11.1 Å². The van der Waals surface area contributed by atoms with Gasteiger partial charge in [0.15, 0.2) is 0 Å². The molecule has 0 aliphatic heterocycles. The van der Waals surface area contributed by atoms with Crippen molar-refractivity contribution >= 4 is 14.4 Å². The first kappa shape index (κ1) is 45.7. The molecule has 0 nitrogen and oxygen atoms in total. The van der Waals surface area contributed by atoms with Gasteiger partial charge in [-0.05, 0) is 58.4 Å². The van der Waals surface area contributed by atoms with Crippen molar-refractivity contribution < 1.29 is 49.0 Å². The molecule has 56 heavy (non-hydrogen) atoms. The Labute approximate surface area is 366 Å². The van der Waals surface area contributed by atoms with Gasteiger partial charge >= 0.3 is 112 Å². The largest absolute Gasteiger partial charge is 1.00 e. The molecule has 5 aromatic carbocycles. The average molecular weight is 859 g/mol. The summed E-state index contributed by atoms with van der Waals surface area (Å²) < 4.78 is 1.42. The van der Waals surface area contributed by atoms with Gasteiger partial charge in [-0.2, -0.15) is 28.8 Å². The van der Waals surface area contributed by atoms with Gasteiger partial charge in [-0.1, -0.05) is 111 Å². The summed E-state index contributed by atoms with van der Waals surface area (Å²) in [4.78, 5) is 0. The van der Waals surface area contributed by atoms with E-state index in [-0.39, 0.29) is 35.6 Å². The molecule has 0 atom stereocenters. The van der Waals surface area contributed by atoms with Gasteiger partial charge in [0, 0.05) is 5.41 Å². The maximum atomic E-state index is 3.65. The molecule has 0 unspecified atom stereocenters. The Kier molecular flexibility index (Phi) is 14.6. The van der Waals surface area contributed by atoms with Crippen LogP contribution in [0.3, 0.4) is 0 Å². The maximum absolute atomic E-state index is 3.65. The van der Waals surface area contributed by atoms with Crippen LogP contribution in [0.2, 0.25) is 0 Å². The van der Waals surface area contributed by atoms with Crippen molar-refractivity contribution in [2.75, 3.05) is 0 Å². The molecule has 3 aliphatic rings. The molecule has 0 N–H and O–H groups in total. The van der Waals surface area contributed by atoms with Gasteiger partial charge in [0.05, 0.1) is 0 Å². The van der Waals surface area contributed by atoms with E-state index in [4.69, 9.17) is 0 Å². The van der Waals surface area contributed by atoms with Crippen molar-refractivity contribution in [3.05, 3.63) is 170 Å². The molecule has 292 valence electrons. The fourth-order valence-corrected chi connectivity index (χ4v) is 9.20. The summed E-state index contributed by atoms with van der Waals surface area (Å²) in [6.07, 6.45) is 11.0. The van der Waals surface area contributed by atoms with E-state index < -0.39 is 0 Å². The number of aryl methyl sites for hydroxylation is 3. The first-order valence-electron chi connectivity index (χ1n) is 20.0. The number of hydrogen-bond acceptors (Lipinski definition) is 0. The van der Waals surface area contributed by atoms with E-state index in [9.17, 15) is 0 Å². The topological polar surface area (TPSA) is 0 Å². The van der Waals surface area contributed by atoms with E-state index in [1.54, 1.807) is 0 Å².